The lowest BCUT2D eigenvalue weighted by molar-refractivity contribution is -0.134. The summed E-state index contributed by atoms with van der Waals surface area (Å²) in [5, 5.41) is 0. The van der Waals surface area contributed by atoms with E-state index in [9.17, 15) is 4.79 Å². The molecule has 2 atom stereocenters. The molecular formula is C17H26N4O. The van der Waals surface area contributed by atoms with E-state index in [1.165, 1.54) is 5.56 Å². The SMILES string of the molecule is CC1CC(C(=O)N2CCN(CCc3ccccc3)CC2)NN1. The number of carbonyl (C=O) groups excluding carboxylic acids is 1. The number of amides is 1. The molecule has 0 radical (unpaired) electrons. The molecule has 1 aromatic rings. The summed E-state index contributed by atoms with van der Waals surface area (Å²) in [5.41, 5.74) is 7.62. The summed E-state index contributed by atoms with van der Waals surface area (Å²) in [7, 11) is 0. The topological polar surface area (TPSA) is 47.6 Å². The Morgan fingerprint density at radius 1 is 1.14 bits per heavy atom. The summed E-state index contributed by atoms with van der Waals surface area (Å²) in [6, 6.07) is 10.9. The first kappa shape index (κ1) is 15.5. The molecule has 0 aliphatic carbocycles. The number of piperazine rings is 1. The molecule has 1 amide bonds. The van der Waals surface area contributed by atoms with Gasteiger partial charge in [-0.05, 0) is 25.3 Å². The highest BCUT2D eigenvalue weighted by atomic mass is 16.2. The molecule has 2 N–H and O–H groups in total. The summed E-state index contributed by atoms with van der Waals surface area (Å²) < 4.78 is 0. The van der Waals surface area contributed by atoms with E-state index < -0.39 is 0 Å². The Morgan fingerprint density at radius 3 is 2.50 bits per heavy atom. The van der Waals surface area contributed by atoms with Crippen molar-refractivity contribution in [3.63, 3.8) is 0 Å². The van der Waals surface area contributed by atoms with Crippen LogP contribution in [0.2, 0.25) is 0 Å². The van der Waals surface area contributed by atoms with Gasteiger partial charge in [-0.25, -0.2) is 5.43 Å². The van der Waals surface area contributed by atoms with Gasteiger partial charge < -0.3 is 4.90 Å². The molecule has 0 bridgehead atoms. The molecule has 2 aliphatic rings. The Morgan fingerprint density at radius 2 is 1.86 bits per heavy atom. The number of nitrogens with zero attached hydrogens (tertiary/aromatic N) is 2. The highest BCUT2D eigenvalue weighted by Crippen LogP contribution is 2.11. The zero-order valence-electron chi connectivity index (χ0n) is 13.3. The van der Waals surface area contributed by atoms with Crippen LogP contribution in [0.1, 0.15) is 18.9 Å². The summed E-state index contributed by atoms with van der Waals surface area (Å²) in [6.45, 7) is 6.83. The van der Waals surface area contributed by atoms with Crippen molar-refractivity contribution in [2.75, 3.05) is 32.7 Å². The van der Waals surface area contributed by atoms with Gasteiger partial charge in [0.25, 0.3) is 0 Å². The average molecular weight is 302 g/mol. The Bertz CT molecular complexity index is 485. The first-order valence-corrected chi connectivity index (χ1v) is 8.28. The van der Waals surface area contributed by atoms with Gasteiger partial charge in [0, 0.05) is 38.8 Å². The fourth-order valence-electron chi connectivity index (χ4n) is 3.22. The predicted molar refractivity (Wildman–Crippen MR) is 87.3 cm³/mol. The van der Waals surface area contributed by atoms with Crippen molar-refractivity contribution >= 4 is 5.91 Å². The van der Waals surface area contributed by atoms with E-state index in [4.69, 9.17) is 0 Å². The van der Waals surface area contributed by atoms with Crippen LogP contribution in [0.3, 0.4) is 0 Å². The van der Waals surface area contributed by atoms with Crippen LogP contribution in [0.15, 0.2) is 30.3 Å². The molecule has 3 rings (SSSR count). The monoisotopic (exact) mass is 302 g/mol. The smallest absolute Gasteiger partial charge is 0.241 e. The van der Waals surface area contributed by atoms with Crippen molar-refractivity contribution in [3.05, 3.63) is 35.9 Å². The lowest BCUT2D eigenvalue weighted by Crippen LogP contribution is -2.53. The zero-order chi connectivity index (χ0) is 15.4. The molecule has 0 spiro atoms. The summed E-state index contributed by atoms with van der Waals surface area (Å²) in [6.07, 6.45) is 1.97. The minimum Gasteiger partial charge on any atom is -0.339 e. The van der Waals surface area contributed by atoms with Gasteiger partial charge in [-0.1, -0.05) is 30.3 Å². The Balaban J connectivity index is 1.41. The van der Waals surface area contributed by atoms with Crippen molar-refractivity contribution in [2.45, 2.75) is 31.8 Å². The van der Waals surface area contributed by atoms with Gasteiger partial charge in [0.1, 0.15) is 6.04 Å². The maximum Gasteiger partial charge on any atom is 0.241 e. The van der Waals surface area contributed by atoms with Crippen molar-refractivity contribution in [1.82, 2.24) is 20.7 Å². The molecule has 0 saturated carbocycles. The Labute approximate surface area is 132 Å². The van der Waals surface area contributed by atoms with Crippen molar-refractivity contribution in [3.8, 4) is 0 Å². The summed E-state index contributed by atoms with van der Waals surface area (Å²) in [5.74, 6) is 0.250. The van der Waals surface area contributed by atoms with Gasteiger partial charge in [-0.2, -0.15) is 0 Å². The molecule has 2 unspecified atom stereocenters. The van der Waals surface area contributed by atoms with Crippen LogP contribution in [-0.2, 0) is 11.2 Å². The number of hydrogen-bond donors (Lipinski definition) is 2. The number of nitrogens with one attached hydrogen (secondary N) is 2. The second kappa shape index (κ2) is 7.22. The number of hydrazine groups is 1. The van der Waals surface area contributed by atoms with Gasteiger partial charge in [0.2, 0.25) is 5.91 Å². The standard InChI is InChI=1S/C17H26N4O/c1-14-13-16(19-18-14)17(22)21-11-9-20(10-12-21)8-7-15-5-3-2-4-6-15/h2-6,14,16,18-19H,7-13H2,1H3. The maximum atomic E-state index is 12.4. The predicted octanol–water partition coefficient (Wildman–Crippen LogP) is 0.628. The molecule has 5 heteroatoms. The van der Waals surface area contributed by atoms with Crippen molar-refractivity contribution in [1.29, 1.82) is 0 Å². The van der Waals surface area contributed by atoms with Crippen LogP contribution in [0.4, 0.5) is 0 Å². The molecule has 0 aromatic heterocycles. The minimum atomic E-state index is -0.0501. The number of rotatable bonds is 4. The van der Waals surface area contributed by atoms with Gasteiger partial charge in [0.15, 0.2) is 0 Å². The molecule has 2 aliphatic heterocycles. The first-order chi connectivity index (χ1) is 10.7. The van der Waals surface area contributed by atoms with E-state index in [1.54, 1.807) is 0 Å². The third-order valence-electron chi connectivity index (χ3n) is 4.63. The number of benzene rings is 1. The third kappa shape index (κ3) is 3.85. The second-order valence-electron chi connectivity index (χ2n) is 6.38. The molecule has 120 valence electrons. The first-order valence-electron chi connectivity index (χ1n) is 8.28. The van der Waals surface area contributed by atoms with Crippen LogP contribution in [0.5, 0.6) is 0 Å². The van der Waals surface area contributed by atoms with E-state index in [0.717, 1.165) is 45.6 Å². The van der Waals surface area contributed by atoms with Crippen LogP contribution in [0, 0.1) is 0 Å². The fourth-order valence-corrected chi connectivity index (χ4v) is 3.22. The van der Waals surface area contributed by atoms with Gasteiger partial charge in [0.05, 0.1) is 0 Å². The zero-order valence-corrected chi connectivity index (χ0v) is 13.3. The molecule has 2 saturated heterocycles. The van der Waals surface area contributed by atoms with E-state index in [0.29, 0.717) is 6.04 Å². The largest absolute Gasteiger partial charge is 0.339 e. The van der Waals surface area contributed by atoms with Crippen LogP contribution in [0.25, 0.3) is 0 Å². The third-order valence-corrected chi connectivity index (χ3v) is 4.63. The molecule has 2 heterocycles. The molecule has 22 heavy (non-hydrogen) atoms. The normalized spacial score (nSPS) is 26.3. The lowest BCUT2D eigenvalue weighted by Gasteiger charge is -2.35. The highest BCUT2D eigenvalue weighted by Gasteiger charge is 2.31. The van der Waals surface area contributed by atoms with E-state index in [2.05, 4.69) is 53.0 Å². The van der Waals surface area contributed by atoms with E-state index in [-0.39, 0.29) is 11.9 Å². The van der Waals surface area contributed by atoms with Crippen LogP contribution in [-0.4, -0.2) is 60.5 Å². The fraction of sp³-hybridized carbons (Fsp3) is 0.588. The minimum absolute atomic E-state index is 0.0501. The summed E-state index contributed by atoms with van der Waals surface area (Å²) >= 11 is 0. The molecule has 1 aromatic carbocycles. The molecule has 5 nitrogen and oxygen atoms in total. The maximum absolute atomic E-state index is 12.4. The average Bonchev–Trinajstić information content (AvgIpc) is 3.00. The van der Waals surface area contributed by atoms with E-state index in [1.807, 2.05) is 4.90 Å². The van der Waals surface area contributed by atoms with Gasteiger partial charge in [-0.3, -0.25) is 15.1 Å². The molecule has 2 fully saturated rings. The Hall–Kier alpha value is -1.43. The van der Waals surface area contributed by atoms with Crippen molar-refractivity contribution < 1.29 is 4.79 Å². The van der Waals surface area contributed by atoms with Crippen LogP contribution < -0.4 is 10.9 Å². The Kier molecular flexibility index (Phi) is 5.08. The highest BCUT2D eigenvalue weighted by molar-refractivity contribution is 5.82. The number of carbonyl (C=O) groups is 1. The summed E-state index contributed by atoms with van der Waals surface area (Å²) in [4.78, 5) is 16.9. The quantitative estimate of drug-likeness (QED) is 0.856. The van der Waals surface area contributed by atoms with Crippen LogP contribution >= 0.6 is 0 Å². The number of hydrogen-bond acceptors (Lipinski definition) is 4. The van der Waals surface area contributed by atoms with Gasteiger partial charge in [-0.15, -0.1) is 0 Å². The van der Waals surface area contributed by atoms with Gasteiger partial charge >= 0.3 is 0 Å². The molecular weight excluding hydrogens is 276 g/mol. The second-order valence-corrected chi connectivity index (χ2v) is 6.38. The lowest BCUT2D eigenvalue weighted by atomic mass is 10.1. The van der Waals surface area contributed by atoms with E-state index >= 15 is 0 Å². The van der Waals surface area contributed by atoms with Crippen molar-refractivity contribution in [2.24, 2.45) is 0 Å².